The van der Waals surface area contributed by atoms with Gasteiger partial charge in [0.15, 0.2) is 5.96 Å². The number of benzene rings is 1. The molecular formula is C17H20F3N3O. The van der Waals surface area contributed by atoms with Crippen LogP contribution in [0.1, 0.15) is 16.9 Å². The van der Waals surface area contributed by atoms with E-state index in [0.717, 1.165) is 29.9 Å². The van der Waals surface area contributed by atoms with Gasteiger partial charge >= 0.3 is 6.18 Å². The van der Waals surface area contributed by atoms with Crippen LogP contribution in [0.2, 0.25) is 0 Å². The van der Waals surface area contributed by atoms with E-state index < -0.39 is 11.7 Å². The first-order valence-corrected chi connectivity index (χ1v) is 7.62. The molecule has 0 amide bonds. The quantitative estimate of drug-likeness (QED) is 0.627. The lowest BCUT2D eigenvalue weighted by atomic mass is 10.1. The van der Waals surface area contributed by atoms with Gasteiger partial charge in [-0.05, 0) is 36.2 Å². The van der Waals surface area contributed by atoms with Gasteiger partial charge in [0.05, 0.1) is 11.8 Å². The van der Waals surface area contributed by atoms with Gasteiger partial charge in [-0.25, -0.2) is 0 Å². The number of hydrogen-bond donors (Lipinski definition) is 2. The molecule has 0 aliphatic rings. The van der Waals surface area contributed by atoms with Crippen molar-refractivity contribution in [3.63, 3.8) is 0 Å². The fourth-order valence-electron chi connectivity index (χ4n) is 2.17. The fourth-order valence-corrected chi connectivity index (χ4v) is 2.17. The molecule has 4 nitrogen and oxygen atoms in total. The molecule has 0 fully saturated rings. The van der Waals surface area contributed by atoms with Gasteiger partial charge in [-0.1, -0.05) is 12.1 Å². The Morgan fingerprint density at radius 1 is 1.04 bits per heavy atom. The number of aliphatic imine (C=N–C) groups is 1. The summed E-state index contributed by atoms with van der Waals surface area (Å²) >= 11 is 0. The molecule has 0 unspecified atom stereocenters. The molecule has 0 spiro atoms. The Morgan fingerprint density at radius 3 is 2.25 bits per heavy atom. The topological polar surface area (TPSA) is 49.6 Å². The number of hydrogen-bond acceptors (Lipinski definition) is 2. The highest BCUT2D eigenvalue weighted by Gasteiger charge is 2.29. The number of halogens is 3. The van der Waals surface area contributed by atoms with Gasteiger partial charge in [-0.15, -0.1) is 0 Å². The molecule has 0 radical (unpaired) electrons. The van der Waals surface area contributed by atoms with Crippen molar-refractivity contribution in [1.29, 1.82) is 0 Å². The summed E-state index contributed by atoms with van der Waals surface area (Å²) < 4.78 is 42.7. The number of alkyl halides is 3. The van der Waals surface area contributed by atoms with Gasteiger partial charge in [0.1, 0.15) is 5.76 Å². The monoisotopic (exact) mass is 339 g/mol. The molecule has 0 atom stereocenters. The zero-order valence-electron chi connectivity index (χ0n) is 13.4. The fraction of sp³-hybridized carbons (Fsp3) is 0.353. The van der Waals surface area contributed by atoms with Crippen molar-refractivity contribution in [1.82, 2.24) is 10.6 Å². The normalized spacial score (nSPS) is 12.2. The van der Waals surface area contributed by atoms with E-state index in [1.807, 2.05) is 12.1 Å². The van der Waals surface area contributed by atoms with Crippen molar-refractivity contribution >= 4 is 5.96 Å². The molecule has 0 saturated heterocycles. The molecule has 2 aromatic rings. The zero-order chi connectivity index (χ0) is 17.4. The van der Waals surface area contributed by atoms with Crippen molar-refractivity contribution in [2.75, 3.05) is 20.1 Å². The summed E-state index contributed by atoms with van der Waals surface area (Å²) in [5.41, 5.74) is 0.205. The highest BCUT2D eigenvalue weighted by Crippen LogP contribution is 2.29. The summed E-state index contributed by atoms with van der Waals surface area (Å²) in [4.78, 5) is 4.10. The number of nitrogens with zero attached hydrogens (tertiary/aromatic N) is 1. The summed E-state index contributed by atoms with van der Waals surface area (Å²) in [6.07, 6.45) is -1.31. The first-order valence-electron chi connectivity index (χ1n) is 7.62. The third kappa shape index (κ3) is 5.64. The second-order valence-electron chi connectivity index (χ2n) is 5.20. The highest BCUT2D eigenvalue weighted by molar-refractivity contribution is 5.79. The van der Waals surface area contributed by atoms with Gasteiger partial charge in [-0.3, -0.25) is 4.99 Å². The molecule has 2 N–H and O–H groups in total. The average molecular weight is 339 g/mol. The average Bonchev–Trinajstić information content (AvgIpc) is 3.06. The summed E-state index contributed by atoms with van der Waals surface area (Å²) in [5.74, 6) is 1.54. The van der Waals surface area contributed by atoms with Gasteiger partial charge < -0.3 is 15.1 Å². The van der Waals surface area contributed by atoms with Gasteiger partial charge in [0, 0.05) is 26.6 Å². The Bertz CT molecular complexity index is 634. The van der Waals surface area contributed by atoms with Crippen molar-refractivity contribution in [2.45, 2.75) is 19.0 Å². The van der Waals surface area contributed by atoms with E-state index in [1.165, 1.54) is 12.1 Å². The van der Waals surface area contributed by atoms with Gasteiger partial charge in [0.2, 0.25) is 0 Å². The van der Waals surface area contributed by atoms with Crippen LogP contribution in [0.15, 0.2) is 52.1 Å². The Balaban J connectivity index is 1.71. The minimum absolute atomic E-state index is 0.575. The number of furan rings is 1. The summed E-state index contributed by atoms with van der Waals surface area (Å²) in [7, 11) is 1.67. The van der Waals surface area contributed by atoms with Crippen LogP contribution in [0, 0.1) is 0 Å². The second-order valence-corrected chi connectivity index (χ2v) is 5.20. The molecule has 0 saturated carbocycles. The molecule has 24 heavy (non-hydrogen) atoms. The van der Waals surface area contributed by atoms with Crippen molar-refractivity contribution in [3.8, 4) is 0 Å². The first-order chi connectivity index (χ1) is 11.5. The SMILES string of the molecule is CN=C(NCCc1ccc(C(F)(F)F)cc1)NCCc1ccco1. The lowest BCUT2D eigenvalue weighted by Gasteiger charge is -2.12. The largest absolute Gasteiger partial charge is 0.469 e. The minimum atomic E-state index is -4.29. The van der Waals surface area contributed by atoms with Crippen LogP contribution in [0.25, 0.3) is 0 Å². The van der Waals surface area contributed by atoms with Crippen LogP contribution in [-0.4, -0.2) is 26.1 Å². The number of guanidine groups is 1. The van der Waals surface area contributed by atoms with Crippen molar-refractivity contribution in [2.24, 2.45) is 4.99 Å². The number of nitrogens with one attached hydrogen (secondary N) is 2. The van der Waals surface area contributed by atoms with Crippen LogP contribution in [0.3, 0.4) is 0 Å². The zero-order valence-corrected chi connectivity index (χ0v) is 13.4. The lowest BCUT2D eigenvalue weighted by molar-refractivity contribution is -0.137. The molecule has 2 rings (SSSR count). The van der Waals surface area contributed by atoms with E-state index in [2.05, 4.69) is 15.6 Å². The Kier molecular flexibility index (Phi) is 6.28. The van der Waals surface area contributed by atoms with Crippen LogP contribution in [0.5, 0.6) is 0 Å². The molecule has 130 valence electrons. The molecule has 0 aliphatic heterocycles. The summed E-state index contributed by atoms with van der Waals surface area (Å²) in [6, 6.07) is 8.95. The highest BCUT2D eigenvalue weighted by atomic mass is 19.4. The molecule has 1 aromatic heterocycles. The maximum Gasteiger partial charge on any atom is 0.416 e. The molecule has 0 bridgehead atoms. The minimum Gasteiger partial charge on any atom is -0.469 e. The Morgan fingerprint density at radius 2 is 1.71 bits per heavy atom. The molecule has 0 aliphatic carbocycles. The summed E-state index contributed by atoms with van der Waals surface area (Å²) in [5, 5.41) is 6.28. The van der Waals surface area contributed by atoms with Crippen LogP contribution < -0.4 is 10.6 Å². The molecule has 7 heteroatoms. The smallest absolute Gasteiger partial charge is 0.416 e. The summed E-state index contributed by atoms with van der Waals surface area (Å²) in [6.45, 7) is 1.25. The Hall–Kier alpha value is -2.44. The van der Waals surface area contributed by atoms with E-state index in [0.29, 0.717) is 25.5 Å². The standard InChI is InChI=1S/C17H20F3N3O/c1-21-16(23-11-9-15-3-2-12-24-15)22-10-8-13-4-6-14(7-5-13)17(18,19)20/h2-7,12H,8-11H2,1H3,(H2,21,22,23). The predicted molar refractivity (Wildman–Crippen MR) is 86.9 cm³/mol. The second kappa shape index (κ2) is 8.42. The Labute approximate surface area is 138 Å². The number of rotatable bonds is 6. The van der Waals surface area contributed by atoms with Crippen molar-refractivity contribution in [3.05, 3.63) is 59.5 Å². The van der Waals surface area contributed by atoms with E-state index in [4.69, 9.17) is 4.42 Å². The molecule has 1 heterocycles. The van der Waals surface area contributed by atoms with Crippen LogP contribution in [0.4, 0.5) is 13.2 Å². The van der Waals surface area contributed by atoms with E-state index in [-0.39, 0.29) is 0 Å². The van der Waals surface area contributed by atoms with Crippen LogP contribution in [-0.2, 0) is 19.0 Å². The maximum absolute atomic E-state index is 12.5. The van der Waals surface area contributed by atoms with Gasteiger partial charge in [0.25, 0.3) is 0 Å². The van der Waals surface area contributed by atoms with E-state index >= 15 is 0 Å². The van der Waals surface area contributed by atoms with Crippen molar-refractivity contribution < 1.29 is 17.6 Å². The van der Waals surface area contributed by atoms with E-state index in [1.54, 1.807) is 13.3 Å². The molecule has 1 aromatic carbocycles. The van der Waals surface area contributed by atoms with Crippen LogP contribution >= 0.6 is 0 Å². The van der Waals surface area contributed by atoms with E-state index in [9.17, 15) is 13.2 Å². The predicted octanol–water partition coefficient (Wildman–Crippen LogP) is 3.25. The first kappa shape index (κ1) is 17.9. The third-order valence-electron chi connectivity index (χ3n) is 3.45. The lowest BCUT2D eigenvalue weighted by Crippen LogP contribution is -2.39. The third-order valence-corrected chi connectivity index (χ3v) is 3.45. The molecular weight excluding hydrogens is 319 g/mol. The van der Waals surface area contributed by atoms with Gasteiger partial charge in [-0.2, -0.15) is 13.2 Å². The maximum atomic E-state index is 12.5.